The second-order valence-corrected chi connectivity index (χ2v) is 7.73. The van der Waals surface area contributed by atoms with Gasteiger partial charge in [-0.15, -0.1) is 0 Å². The Kier molecular flexibility index (Phi) is 12.2. The van der Waals surface area contributed by atoms with Gasteiger partial charge in [0.05, 0.1) is 0 Å². The molecule has 0 spiro atoms. The quantitative estimate of drug-likeness (QED) is 0.151. The van der Waals surface area contributed by atoms with Crippen LogP contribution in [0.2, 0.25) is 0 Å². The van der Waals surface area contributed by atoms with E-state index in [1.54, 1.807) is 0 Å². The van der Waals surface area contributed by atoms with Crippen LogP contribution in [0.5, 0.6) is 0 Å². The Balaban J connectivity index is 2.22. The Morgan fingerprint density at radius 3 is 2.48 bits per heavy atom. The summed E-state index contributed by atoms with van der Waals surface area (Å²) in [6.07, 6.45) is 16.8. The lowest BCUT2D eigenvalue weighted by atomic mass is 9.86. The van der Waals surface area contributed by atoms with Crippen molar-refractivity contribution >= 4 is 5.97 Å². The maximum atomic E-state index is 10.5. The molecule has 1 aliphatic rings. The molecule has 0 saturated heterocycles. The molecule has 1 saturated carbocycles. The van der Waals surface area contributed by atoms with Crippen molar-refractivity contribution < 1.29 is 9.90 Å². The third kappa shape index (κ3) is 10.4. The summed E-state index contributed by atoms with van der Waals surface area (Å²) in [5.41, 5.74) is 8.78. The van der Waals surface area contributed by atoms with Crippen LogP contribution < -0.4 is 0 Å². The molecule has 144 valence electrons. The molecule has 0 radical (unpaired) electrons. The molecule has 5 heteroatoms. The number of carbonyl (C=O) groups is 1. The van der Waals surface area contributed by atoms with Crippen LogP contribution in [-0.4, -0.2) is 17.1 Å². The molecule has 1 N–H and O–H groups in total. The van der Waals surface area contributed by atoms with Gasteiger partial charge in [-0.3, -0.25) is 4.79 Å². The second kappa shape index (κ2) is 14.0. The molecular formula is C20H37N3O2. The van der Waals surface area contributed by atoms with Gasteiger partial charge in [0.15, 0.2) is 0 Å². The van der Waals surface area contributed by atoms with Gasteiger partial charge in [-0.2, -0.15) is 0 Å². The molecule has 0 aromatic carbocycles. The van der Waals surface area contributed by atoms with Crippen molar-refractivity contribution in [3.05, 3.63) is 10.4 Å². The van der Waals surface area contributed by atoms with Gasteiger partial charge >= 0.3 is 5.97 Å². The number of nitrogens with zero attached hydrogens (tertiary/aromatic N) is 3. The standard InChI is InChI=1S/C20H37N3O2/c1-2-3-6-13-19(22-23-21)16-15-18-12-9-11-17(18)10-7-4-5-8-14-20(24)25/h17-19H,2-16H2,1H3,(H,24,25)/t17-,18+,19?/m0/s1. The first kappa shape index (κ1) is 21.8. The summed E-state index contributed by atoms with van der Waals surface area (Å²) in [5.74, 6) is 0.966. The highest BCUT2D eigenvalue weighted by molar-refractivity contribution is 5.66. The number of rotatable bonds is 15. The zero-order chi connectivity index (χ0) is 18.3. The van der Waals surface area contributed by atoms with Gasteiger partial charge in [-0.05, 0) is 43.1 Å². The van der Waals surface area contributed by atoms with E-state index in [0.717, 1.165) is 43.9 Å². The first-order valence-electron chi connectivity index (χ1n) is 10.4. The summed E-state index contributed by atoms with van der Waals surface area (Å²) >= 11 is 0. The summed E-state index contributed by atoms with van der Waals surface area (Å²) < 4.78 is 0. The molecule has 0 heterocycles. The molecule has 25 heavy (non-hydrogen) atoms. The van der Waals surface area contributed by atoms with Crippen LogP contribution in [0.4, 0.5) is 0 Å². The molecule has 5 nitrogen and oxygen atoms in total. The molecule has 3 atom stereocenters. The van der Waals surface area contributed by atoms with Crippen LogP contribution in [0.3, 0.4) is 0 Å². The van der Waals surface area contributed by atoms with Crippen molar-refractivity contribution in [1.29, 1.82) is 0 Å². The van der Waals surface area contributed by atoms with Crippen LogP contribution in [-0.2, 0) is 4.79 Å². The highest BCUT2D eigenvalue weighted by Crippen LogP contribution is 2.38. The Morgan fingerprint density at radius 1 is 1.08 bits per heavy atom. The van der Waals surface area contributed by atoms with Gasteiger partial charge in [0.25, 0.3) is 0 Å². The Labute approximate surface area is 153 Å². The van der Waals surface area contributed by atoms with Gasteiger partial charge < -0.3 is 5.11 Å². The van der Waals surface area contributed by atoms with Gasteiger partial charge in [-0.1, -0.05) is 76.2 Å². The smallest absolute Gasteiger partial charge is 0.303 e. The van der Waals surface area contributed by atoms with Gasteiger partial charge in [0.2, 0.25) is 0 Å². The fourth-order valence-electron chi connectivity index (χ4n) is 4.28. The number of hydrogen-bond acceptors (Lipinski definition) is 2. The average Bonchev–Trinajstić information content (AvgIpc) is 3.03. The lowest BCUT2D eigenvalue weighted by Gasteiger charge is -2.21. The van der Waals surface area contributed by atoms with E-state index in [1.807, 2.05) is 0 Å². The van der Waals surface area contributed by atoms with Crippen molar-refractivity contribution in [2.75, 3.05) is 0 Å². The first-order valence-corrected chi connectivity index (χ1v) is 10.4. The average molecular weight is 352 g/mol. The molecule has 1 unspecified atom stereocenters. The van der Waals surface area contributed by atoms with Crippen LogP contribution in [0.25, 0.3) is 10.4 Å². The van der Waals surface area contributed by atoms with Gasteiger partial charge in [-0.25, -0.2) is 0 Å². The summed E-state index contributed by atoms with van der Waals surface area (Å²) in [4.78, 5) is 13.6. The first-order chi connectivity index (χ1) is 12.2. The van der Waals surface area contributed by atoms with Crippen molar-refractivity contribution in [3.63, 3.8) is 0 Å². The third-order valence-electron chi connectivity index (χ3n) is 5.76. The van der Waals surface area contributed by atoms with Crippen LogP contribution in [0.1, 0.15) is 103 Å². The minimum Gasteiger partial charge on any atom is -0.481 e. The normalized spacial score (nSPS) is 21.0. The monoisotopic (exact) mass is 351 g/mol. The third-order valence-corrected chi connectivity index (χ3v) is 5.76. The Hall–Kier alpha value is -1.22. The zero-order valence-corrected chi connectivity index (χ0v) is 16.0. The minimum atomic E-state index is -0.677. The molecular weight excluding hydrogens is 314 g/mol. The van der Waals surface area contributed by atoms with Gasteiger partial charge in [0.1, 0.15) is 0 Å². The maximum Gasteiger partial charge on any atom is 0.303 e. The maximum absolute atomic E-state index is 10.5. The highest BCUT2D eigenvalue weighted by Gasteiger charge is 2.27. The van der Waals surface area contributed by atoms with Crippen LogP contribution in [0, 0.1) is 11.8 Å². The zero-order valence-electron chi connectivity index (χ0n) is 16.0. The molecule has 1 fully saturated rings. The molecule has 0 aromatic rings. The largest absolute Gasteiger partial charge is 0.481 e. The van der Waals surface area contributed by atoms with Crippen molar-refractivity contribution in [2.24, 2.45) is 17.0 Å². The van der Waals surface area contributed by atoms with Crippen molar-refractivity contribution in [2.45, 2.75) is 109 Å². The molecule has 1 aliphatic carbocycles. The number of aliphatic carboxylic acids is 1. The van der Waals surface area contributed by atoms with E-state index >= 15 is 0 Å². The lowest BCUT2D eigenvalue weighted by molar-refractivity contribution is -0.137. The predicted octanol–water partition coefficient (Wildman–Crippen LogP) is 6.87. The number of carboxylic acids is 1. The van der Waals surface area contributed by atoms with Crippen molar-refractivity contribution in [1.82, 2.24) is 0 Å². The van der Waals surface area contributed by atoms with Crippen molar-refractivity contribution in [3.8, 4) is 0 Å². The van der Waals surface area contributed by atoms with E-state index in [-0.39, 0.29) is 6.04 Å². The van der Waals surface area contributed by atoms with Gasteiger partial charge in [0, 0.05) is 17.4 Å². The van der Waals surface area contributed by atoms with E-state index in [0.29, 0.717) is 6.42 Å². The summed E-state index contributed by atoms with van der Waals surface area (Å²) in [6, 6.07) is 0.189. The molecule has 1 rings (SSSR count). The minimum absolute atomic E-state index is 0.189. The molecule has 0 bridgehead atoms. The summed E-state index contributed by atoms with van der Waals surface area (Å²) in [7, 11) is 0. The van der Waals surface area contributed by atoms with E-state index < -0.39 is 5.97 Å². The number of hydrogen-bond donors (Lipinski definition) is 1. The highest BCUT2D eigenvalue weighted by atomic mass is 16.4. The number of unbranched alkanes of at least 4 members (excludes halogenated alkanes) is 5. The van der Waals surface area contributed by atoms with E-state index in [2.05, 4.69) is 16.9 Å². The Morgan fingerprint density at radius 2 is 1.80 bits per heavy atom. The fraction of sp³-hybridized carbons (Fsp3) is 0.950. The van der Waals surface area contributed by atoms with E-state index in [4.69, 9.17) is 10.6 Å². The van der Waals surface area contributed by atoms with Crippen LogP contribution >= 0.6 is 0 Å². The van der Waals surface area contributed by atoms with Crippen LogP contribution in [0.15, 0.2) is 5.11 Å². The number of azide groups is 1. The fourth-order valence-corrected chi connectivity index (χ4v) is 4.28. The molecule has 0 aromatic heterocycles. The molecule has 0 amide bonds. The van der Waals surface area contributed by atoms with E-state index in [1.165, 1.54) is 57.8 Å². The molecule has 0 aliphatic heterocycles. The second-order valence-electron chi connectivity index (χ2n) is 7.73. The van der Waals surface area contributed by atoms with E-state index in [9.17, 15) is 4.79 Å². The summed E-state index contributed by atoms with van der Waals surface area (Å²) in [5, 5.41) is 12.7. The Bertz CT molecular complexity index is 408. The number of carboxylic acid groups (broad SMARTS) is 1. The topological polar surface area (TPSA) is 86.1 Å². The predicted molar refractivity (Wildman–Crippen MR) is 102 cm³/mol. The SMILES string of the molecule is CCCCCC(CC[C@H]1CCC[C@@H]1CCCCCCC(=O)O)N=[N+]=[N-]. The lowest BCUT2D eigenvalue weighted by Crippen LogP contribution is -2.12. The summed E-state index contributed by atoms with van der Waals surface area (Å²) in [6.45, 7) is 2.20.